The SMILES string of the molecule is CCC1CCNC(C(=O)N(C)C(C)c2ccc(Cl)cc2)C1. The number of likely N-dealkylation sites (N-methyl/N-ethyl adjacent to an activating group) is 1. The molecule has 1 saturated heterocycles. The van der Waals surface area contributed by atoms with Gasteiger partial charge in [-0.15, -0.1) is 0 Å². The summed E-state index contributed by atoms with van der Waals surface area (Å²) in [5.41, 5.74) is 1.11. The molecule has 1 fully saturated rings. The Balaban J connectivity index is 2.02. The van der Waals surface area contributed by atoms with Crippen LogP contribution >= 0.6 is 11.6 Å². The molecule has 0 aromatic heterocycles. The van der Waals surface area contributed by atoms with Gasteiger partial charge in [-0.25, -0.2) is 0 Å². The smallest absolute Gasteiger partial charge is 0.239 e. The molecule has 0 spiro atoms. The molecule has 0 aliphatic carbocycles. The van der Waals surface area contributed by atoms with Crippen LogP contribution in [0.2, 0.25) is 5.02 Å². The van der Waals surface area contributed by atoms with E-state index in [-0.39, 0.29) is 18.0 Å². The van der Waals surface area contributed by atoms with Crippen LogP contribution < -0.4 is 5.32 Å². The number of hydrogen-bond acceptors (Lipinski definition) is 2. The number of benzene rings is 1. The number of nitrogens with one attached hydrogen (secondary N) is 1. The summed E-state index contributed by atoms with van der Waals surface area (Å²) in [6, 6.07) is 7.73. The largest absolute Gasteiger partial charge is 0.338 e. The van der Waals surface area contributed by atoms with Gasteiger partial charge in [0.2, 0.25) is 5.91 Å². The van der Waals surface area contributed by atoms with Gasteiger partial charge in [0.05, 0.1) is 12.1 Å². The van der Waals surface area contributed by atoms with Crippen LogP contribution in [0.25, 0.3) is 0 Å². The molecule has 1 aromatic carbocycles. The van der Waals surface area contributed by atoms with E-state index >= 15 is 0 Å². The van der Waals surface area contributed by atoms with Gasteiger partial charge in [0.1, 0.15) is 0 Å². The number of hydrogen-bond donors (Lipinski definition) is 1. The molecule has 1 heterocycles. The molecule has 1 aliphatic heterocycles. The Hall–Kier alpha value is -1.06. The van der Waals surface area contributed by atoms with Gasteiger partial charge in [0, 0.05) is 12.1 Å². The van der Waals surface area contributed by atoms with Gasteiger partial charge in [-0.3, -0.25) is 4.79 Å². The van der Waals surface area contributed by atoms with E-state index in [0.29, 0.717) is 5.92 Å². The van der Waals surface area contributed by atoms with Crippen molar-refractivity contribution >= 4 is 17.5 Å². The number of nitrogens with zero attached hydrogens (tertiary/aromatic N) is 1. The van der Waals surface area contributed by atoms with E-state index in [1.54, 1.807) is 0 Å². The maximum Gasteiger partial charge on any atom is 0.239 e. The lowest BCUT2D eigenvalue weighted by Gasteiger charge is -2.34. The van der Waals surface area contributed by atoms with Crippen LogP contribution in [0.5, 0.6) is 0 Å². The van der Waals surface area contributed by atoms with Crippen molar-refractivity contribution in [1.82, 2.24) is 10.2 Å². The van der Waals surface area contributed by atoms with Crippen LogP contribution in [-0.4, -0.2) is 30.4 Å². The van der Waals surface area contributed by atoms with Crippen molar-refractivity contribution in [3.05, 3.63) is 34.9 Å². The molecule has 1 N–H and O–H groups in total. The van der Waals surface area contributed by atoms with E-state index in [9.17, 15) is 4.79 Å². The Bertz CT molecular complexity index is 474. The summed E-state index contributed by atoms with van der Waals surface area (Å²) in [5, 5.41) is 4.09. The normalized spacial score (nSPS) is 23.6. The minimum atomic E-state index is -0.0385. The van der Waals surface area contributed by atoms with E-state index in [1.807, 2.05) is 36.2 Å². The molecule has 0 bridgehead atoms. The number of amides is 1. The first-order valence-corrected chi connectivity index (χ1v) is 8.16. The van der Waals surface area contributed by atoms with Crippen LogP contribution in [0.15, 0.2) is 24.3 Å². The molecule has 1 aliphatic rings. The van der Waals surface area contributed by atoms with Crippen molar-refractivity contribution in [1.29, 1.82) is 0 Å². The number of carbonyl (C=O) groups is 1. The highest BCUT2D eigenvalue weighted by Crippen LogP contribution is 2.25. The summed E-state index contributed by atoms with van der Waals surface area (Å²) >= 11 is 5.92. The molecular formula is C17H25ClN2O. The second-order valence-electron chi connectivity index (χ2n) is 5.98. The van der Waals surface area contributed by atoms with Crippen molar-refractivity contribution in [3.8, 4) is 0 Å². The van der Waals surface area contributed by atoms with Crippen molar-refractivity contribution in [2.75, 3.05) is 13.6 Å². The van der Waals surface area contributed by atoms with Gasteiger partial charge in [0.15, 0.2) is 0 Å². The van der Waals surface area contributed by atoms with E-state index in [1.165, 1.54) is 6.42 Å². The summed E-state index contributed by atoms with van der Waals surface area (Å²) in [6.07, 6.45) is 3.28. The van der Waals surface area contributed by atoms with Crippen LogP contribution in [0, 0.1) is 5.92 Å². The summed E-state index contributed by atoms with van der Waals surface area (Å²) in [6.45, 7) is 5.21. The van der Waals surface area contributed by atoms with Crippen LogP contribution in [0.1, 0.15) is 44.7 Å². The summed E-state index contributed by atoms with van der Waals surface area (Å²) < 4.78 is 0. The monoisotopic (exact) mass is 308 g/mol. The Morgan fingerprint density at radius 2 is 2.10 bits per heavy atom. The molecule has 116 valence electrons. The van der Waals surface area contributed by atoms with Crippen molar-refractivity contribution < 1.29 is 4.79 Å². The molecule has 2 rings (SSSR count). The molecule has 1 aromatic rings. The predicted molar refractivity (Wildman–Crippen MR) is 87.4 cm³/mol. The predicted octanol–water partition coefficient (Wildman–Crippen LogP) is 3.64. The van der Waals surface area contributed by atoms with Gasteiger partial charge in [-0.2, -0.15) is 0 Å². The Morgan fingerprint density at radius 3 is 2.71 bits per heavy atom. The lowest BCUT2D eigenvalue weighted by molar-refractivity contribution is -0.135. The van der Waals surface area contributed by atoms with Crippen LogP contribution in [0.4, 0.5) is 0 Å². The fourth-order valence-corrected chi connectivity index (χ4v) is 3.08. The summed E-state index contributed by atoms with van der Waals surface area (Å²) in [5.74, 6) is 0.857. The van der Waals surface area contributed by atoms with Crippen LogP contribution in [-0.2, 0) is 4.79 Å². The molecular weight excluding hydrogens is 284 g/mol. The third kappa shape index (κ3) is 3.98. The number of piperidine rings is 1. The first-order valence-electron chi connectivity index (χ1n) is 7.78. The van der Waals surface area contributed by atoms with Crippen molar-refractivity contribution in [3.63, 3.8) is 0 Å². The van der Waals surface area contributed by atoms with E-state index in [0.717, 1.165) is 30.0 Å². The maximum absolute atomic E-state index is 12.7. The highest BCUT2D eigenvalue weighted by atomic mass is 35.5. The van der Waals surface area contributed by atoms with Gasteiger partial charge in [-0.1, -0.05) is 37.1 Å². The lowest BCUT2D eigenvalue weighted by Crippen LogP contribution is -2.49. The summed E-state index contributed by atoms with van der Waals surface area (Å²) in [7, 11) is 1.89. The van der Waals surface area contributed by atoms with E-state index < -0.39 is 0 Å². The zero-order valence-electron chi connectivity index (χ0n) is 13.1. The average Bonchev–Trinajstić information content (AvgIpc) is 2.53. The summed E-state index contributed by atoms with van der Waals surface area (Å²) in [4.78, 5) is 14.5. The average molecular weight is 309 g/mol. The van der Waals surface area contributed by atoms with Crippen molar-refractivity contribution in [2.45, 2.75) is 45.2 Å². The molecule has 0 saturated carbocycles. The Labute approximate surface area is 132 Å². The molecule has 3 unspecified atom stereocenters. The highest BCUT2D eigenvalue weighted by molar-refractivity contribution is 6.30. The van der Waals surface area contributed by atoms with Gasteiger partial charge in [0.25, 0.3) is 0 Å². The Kier molecular flexibility index (Phi) is 5.65. The van der Waals surface area contributed by atoms with E-state index in [4.69, 9.17) is 11.6 Å². The second kappa shape index (κ2) is 7.28. The van der Waals surface area contributed by atoms with Crippen LogP contribution in [0.3, 0.4) is 0 Å². The zero-order chi connectivity index (χ0) is 15.4. The second-order valence-corrected chi connectivity index (χ2v) is 6.42. The third-order valence-electron chi connectivity index (χ3n) is 4.67. The number of rotatable bonds is 4. The third-order valence-corrected chi connectivity index (χ3v) is 4.92. The number of halogens is 1. The quantitative estimate of drug-likeness (QED) is 0.921. The van der Waals surface area contributed by atoms with Gasteiger partial charge < -0.3 is 10.2 Å². The van der Waals surface area contributed by atoms with Gasteiger partial charge >= 0.3 is 0 Å². The molecule has 3 atom stereocenters. The fourth-order valence-electron chi connectivity index (χ4n) is 2.96. The molecule has 3 nitrogen and oxygen atoms in total. The minimum Gasteiger partial charge on any atom is -0.338 e. The first-order chi connectivity index (χ1) is 10.0. The maximum atomic E-state index is 12.7. The zero-order valence-corrected chi connectivity index (χ0v) is 13.9. The molecule has 21 heavy (non-hydrogen) atoms. The van der Waals surface area contributed by atoms with Crippen molar-refractivity contribution in [2.24, 2.45) is 5.92 Å². The van der Waals surface area contributed by atoms with E-state index in [2.05, 4.69) is 19.2 Å². The fraction of sp³-hybridized carbons (Fsp3) is 0.588. The molecule has 0 radical (unpaired) electrons. The number of carbonyl (C=O) groups excluding carboxylic acids is 1. The lowest BCUT2D eigenvalue weighted by atomic mass is 9.89. The molecule has 4 heteroatoms. The Morgan fingerprint density at radius 1 is 1.43 bits per heavy atom. The minimum absolute atomic E-state index is 0.0385. The highest BCUT2D eigenvalue weighted by Gasteiger charge is 2.29. The van der Waals surface area contributed by atoms with Gasteiger partial charge in [-0.05, 0) is 49.9 Å². The standard InChI is InChI=1S/C17H25ClN2O/c1-4-13-9-10-19-16(11-13)17(21)20(3)12(2)14-5-7-15(18)8-6-14/h5-8,12-13,16,19H,4,9-11H2,1-3H3. The molecule has 1 amide bonds. The first kappa shape index (κ1) is 16.3. The topological polar surface area (TPSA) is 32.3 Å².